The van der Waals surface area contributed by atoms with Crippen LogP contribution in [0.15, 0.2) is 27.1 Å². The number of alkyl halides is 1. The van der Waals surface area contributed by atoms with Crippen molar-refractivity contribution in [2.45, 2.75) is 6.10 Å². The van der Waals surface area contributed by atoms with Crippen LogP contribution in [0.5, 0.6) is 0 Å². The van der Waals surface area contributed by atoms with Gasteiger partial charge in [0.15, 0.2) is 0 Å². The Labute approximate surface area is 105 Å². The number of aliphatic hydroxyl groups excluding tert-OH is 1. The topological polar surface area (TPSA) is 32.3 Å². The molecular weight excluding hydrogens is 333 g/mol. The molecule has 0 spiro atoms. The molecule has 1 unspecified atom stereocenters. The van der Waals surface area contributed by atoms with E-state index in [9.17, 15) is 5.11 Å². The van der Waals surface area contributed by atoms with Crippen molar-refractivity contribution in [1.29, 1.82) is 0 Å². The molecule has 1 aromatic rings. The van der Waals surface area contributed by atoms with Crippen LogP contribution in [0.25, 0.3) is 0 Å². The summed E-state index contributed by atoms with van der Waals surface area (Å²) in [6.45, 7) is 0.448. The number of hydrogen-bond acceptors (Lipinski definition) is 2. The minimum Gasteiger partial charge on any atom is -0.390 e. The van der Waals surface area contributed by atoms with Gasteiger partial charge in [-0.05, 0) is 34.1 Å². The summed E-state index contributed by atoms with van der Waals surface area (Å²) in [7, 11) is 0. The lowest BCUT2D eigenvalue weighted by molar-refractivity contribution is 0.211. The van der Waals surface area contributed by atoms with Gasteiger partial charge in [-0.25, -0.2) is 0 Å². The van der Waals surface area contributed by atoms with Crippen molar-refractivity contribution in [3.05, 3.63) is 27.1 Å². The Morgan fingerprint density at radius 1 is 1.43 bits per heavy atom. The van der Waals surface area contributed by atoms with Crippen molar-refractivity contribution in [2.24, 2.45) is 0 Å². The Hall–Kier alpha value is 0.230. The number of nitrogens with one attached hydrogen (secondary N) is 1. The molecule has 14 heavy (non-hydrogen) atoms. The maximum atomic E-state index is 9.25. The maximum Gasteiger partial charge on any atom is 0.0847 e. The zero-order valence-corrected chi connectivity index (χ0v) is 11.2. The van der Waals surface area contributed by atoms with Gasteiger partial charge in [-0.3, -0.25) is 0 Å². The van der Waals surface area contributed by atoms with Crippen LogP contribution >= 0.6 is 43.5 Å². The van der Waals surface area contributed by atoms with Gasteiger partial charge in [0.25, 0.3) is 0 Å². The Morgan fingerprint density at radius 3 is 2.71 bits per heavy atom. The van der Waals surface area contributed by atoms with E-state index in [4.69, 9.17) is 11.6 Å². The monoisotopic (exact) mass is 341 g/mol. The lowest BCUT2D eigenvalue weighted by atomic mass is 10.3. The second-order valence-electron chi connectivity index (χ2n) is 2.81. The van der Waals surface area contributed by atoms with E-state index in [0.29, 0.717) is 6.54 Å². The minimum atomic E-state index is -0.521. The maximum absolute atomic E-state index is 9.25. The van der Waals surface area contributed by atoms with E-state index in [1.165, 1.54) is 0 Å². The van der Waals surface area contributed by atoms with Crippen molar-refractivity contribution in [3.63, 3.8) is 0 Å². The molecule has 5 heteroatoms. The van der Waals surface area contributed by atoms with E-state index in [1.54, 1.807) is 0 Å². The lowest BCUT2D eigenvalue weighted by Crippen LogP contribution is -2.20. The summed E-state index contributed by atoms with van der Waals surface area (Å²) >= 11 is 12.2. The Morgan fingerprint density at radius 2 is 2.14 bits per heavy atom. The van der Waals surface area contributed by atoms with E-state index in [2.05, 4.69) is 37.2 Å². The largest absolute Gasteiger partial charge is 0.390 e. The summed E-state index contributed by atoms with van der Waals surface area (Å²) in [6, 6.07) is 5.80. The molecule has 0 saturated carbocycles. The minimum absolute atomic E-state index is 0.237. The standard InChI is InChI=1S/C9H10Br2ClNO/c10-6-1-2-9(8(11)3-6)13-5-7(14)4-12/h1-3,7,13-14H,4-5H2. The molecule has 0 fully saturated rings. The quantitative estimate of drug-likeness (QED) is 0.823. The van der Waals surface area contributed by atoms with E-state index in [-0.39, 0.29) is 5.88 Å². The van der Waals surface area contributed by atoms with Gasteiger partial charge in [-0.1, -0.05) is 15.9 Å². The predicted octanol–water partition coefficient (Wildman–Crippen LogP) is 3.22. The van der Waals surface area contributed by atoms with Crippen molar-refractivity contribution < 1.29 is 5.11 Å². The zero-order valence-electron chi connectivity index (χ0n) is 7.30. The molecule has 1 atom stereocenters. The van der Waals surface area contributed by atoms with Gasteiger partial charge in [0.05, 0.1) is 12.0 Å². The Kier molecular flexibility index (Phi) is 5.23. The summed E-state index contributed by atoms with van der Waals surface area (Å²) in [5, 5.41) is 12.3. The number of benzene rings is 1. The summed E-state index contributed by atoms with van der Waals surface area (Å²) in [5.74, 6) is 0.237. The molecule has 0 aliphatic carbocycles. The van der Waals surface area contributed by atoms with Gasteiger partial charge in [0.2, 0.25) is 0 Å². The smallest absolute Gasteiger partial charge is 0.0847 e. The average Bonchev–Trinajstić information content (AvgIpc) is 2.16. The molecule has 0 aliphatic heterocycles. The molecular formula is C9H10Br2ClNO. The number of halogens is 3. The van der Waals surface area contributed by atoms with Crippen LogP contribution in [0, 0.1) is 0 Å². The fourth-order valence-corrected chi connectivity index (χ4v) is 2.21. The third-order valence-electron chi connectivity index (χ3n) is 1.64. The highest BCUT2D eigenvalue weighted by molar-refractivity contribution is 9.11. The Balaban J connectivity index is 2.59. The third-order valence-corrected chi connectivity index (χ3v) is 3.14. The second kappa shape index (κ2) is 5.95. The summed E-state index contributed by atoms with van der Waals surface area (Å²) < 4.78 is 1.96. The van der Waals surface area contributed by atoms with Gasteiger partial charge in [0, 0.05) is 21.2 Å². The molecule has 0 aromatic heterocycles. The summed E-state index contributed by atoms with van der Waals surface area (Å²) in [5.41, 5.74) is 0.942. The van der Waals surface area contributed by atoms with Crippen LogP contribution in [0.1, 0.15) is 0 Å². The fourth-order valence-electron chi connectivity index (χ4n) is 0.915. The van der Waals surface area contributed by atoms with E-state index in [0.717, 1.165) is 14.6 Å². The van der Waals surface area contributed by atoms with Crippen LogP contribution in [0.4, 0.5) is 5.69 Å². The number of rotatable bonds is 4. The molecule has 2 N–H and O–H groups in total. The van der Waals surface area contributed by atoms with Gasteiger partial charge in [-0.15, -0.1) is 11.6 Å². The van der Waals surface area contributed by atoms with Gasteiger partial charge >= 0.3 is 0 Å². The van der Waals surface area contributed by atoms with E-state index in [1.807, 2.05) is 18.2 Å². The van der Waals surface area contributed by atoms with Crippen LogP contribution < -0.4 is 5.32 Å². The predicted molar refractivity (Wildman–Crippen MR) is 67.1 cm³/mol. The second-order valence-corrected chi connectivity index (χ2v) is 4.89. The van der Waals surface area contributed by atoms with Crippen LogP contribution in [-0.4, -0.2) is 23.6 Å². The molecule has 0 bridgehead atoms. The van der Waals surface area contributed by atoms with Crippen molar-refractivity contribution in [3.8, 4) is 0 Å². The zero-order chi connectivity index (χ0) is 10.6. The molecule has 0 aliphatic rings. The van der Waals surface area contributed by atoms with Crippen LogP contribution in [0.2, 0.25) is 0 Å². The van der Waals surface area contributed by atoms with Gasteiger partial charge in [-0.2, -0.15) is 0 Å². The molecule has 0 saturated heterocycles. The fraction of sp³-hybridized carbons (Fsp3) is 0.333. The first-order valence-electron chi connectivity index (χ1n) is 4.06. The first-order valence-corrected chi connectivity index (χ1v) is 6.18. The van der Waals surface area contributed by atoms with Crippen LogP contribution in [-0.2, 0) is 0 Å². The molecule has 1 aromatic carbocycles. The molecule has 0 heterocycles. The highest BCUT2D eigenvalue weighted by atomic mass is 79.9. The highest BCUT2D eigenvalue weighted by Gasteiger charge is 2.03. The highest BCUT2D eigenvalue weighted by Crippen LogP contribution is 2.25. The molecule has 0 amide bonds. The number of aliphatic hydroxyl groups is 1. The van der Waals surface area contributed by atoms with E-state index >= 15 is 0 Å². The summed E-state index contributed by atoms with van der Waals surface area (Å²) in [6.07, 6.45) is -0.521. The van der Waals surface area contributed by atoms with Crippen molar-refractivity contribution in [1.82, 2.24) is 0 Å². The molecule has 2 nitrogen and oxygen atoms in total. The summed E-state index contributed by atoms with van der Waals surface area (Å²) in [4.78, 5) is 0. The third kappa shape index (κ3) is 3.77. The van der Waals surface area contributed by atoms with Crippen LogP contribution in [0.3, 0.4) is 0 Å². The first-order chi connectivity index (χ1) is 6.63. The average molecular weight is 343 g/mol. The van der Waals surface area contributed by atoms with E-state index < -0.39 is 6.10 Å². The normalized spacial score (nSPS) is 12.6. The van der Waals surface area contributed by atoms with Crippen molar-refractivity contribution >= 4 is 49.1 Å². The number of hydrogen-bond donors (Lipinski definition) is 2. The molecule has 0 radical (unpaired) electrons. The Bertz CT molecular complexity index is 309. The van der Waals surface area contributed by atoms with Gasteiger partial charge in [0.1, 0.15) is 0 Å². The van der Waals surface area contributed by atoms with Crippen molar-refractivity contribution in [2.75, 3.05) is 17.7 Å². The SMILES string of the molecule is OC(CCl)CNc1ccc(Br)cc1Br. The first kappa shape index (κ1) is 12.3. The molecule has 78 valence electrons. The number of anilines is 1. The lowest BCUT2D eigenvalue weighted by Gasteiger charge is -2.11. The molecule has 1 rings (SSSR count). The van der Waals surface area contributed by atoms with Gasteiger partial charge < -0.3 is 10.4 Å².